The summed E-state index contributed by atoms with van der Waals surface area (Å²) in [5, 5.41) is 19.2. The van der Waals surface area contributed by atoms with Gasteiger partial charge in [0.25, 0.3) is 0 Å². The van der Waals surface area contributed by atoms with E-state index in [0.717, 1.165) is 47.5 Å². The molecule has 1 amide bonds. The Hall–Kier alpha value is -4.03. The van der Waals surface area contributed by atoms with E-state index in [-0.39, 0.29) is 0 Å². The molecule has 0 saturated heterocycles. The lowest BCUT2D eigenvalue weighted by atomic mass is 10.1. The maximum absolute atomic E-state index is 10.8. The van der Waals surface area contributed by atoms with Gasteiger partial charge in [0.05, 0.1) is 23.4 Å². The van der Waals surface area contributed by atoms with Gasteiger partial charge in [0.1, 0.15) is 18.2 Å². The van der Waals surface area contributed by atoms with E-state index >= 15 is 0 Å². The molecule has 9 nitrogen and oxygen atoms in total. The first-order valence-electron chi connectivity index (χ1n) is 11.5. The summed E-state index contributed by atoms with van der Waals surface area (Å²) >= 11 is 0. The van der Waals surface area contributed by atoms with Gasteiger partial charge in [0.15, 0.2) is 0 Å². The third kappa shape index (κ3) is 7.22. The summed E-state index contributed by atoms with van der Waals surface area (Å²) in [6, 6.07) is 15.6. The van der Waals surface area contributed by atoms with Crippen LogP contribution in [0.5, 0.6) is 5.75 Å². The number of benzene rings is 2. The Kier molecular flexibility index (Phi) is 11.1. The summed E-state index contributed by atoms with van der Waals surface area (Å²) in [7, 11) is 3.54. The zero-order chi connectivity index (χ0) is 25.6. The van der Waals surface area contributed by atoms with E-state index in [9.17, 15) is 10.1 Å². The lowest BCUT2D eigenvalue weighted by molar-refractivity contribution is -0.105. The number of anilines is 1. The van der Waals surface area contributed by atoms with Crippen LogP contribution in [0.15, 0.2) is 47.6 Å². The summed E-state index contributed by atoms with van der Waals surface area (Å²) in [6.45, 7) is 6.78. The molecule has 9 heteroatoms. The van der Waals surface area contributed by atoms with Crippen LogP contribution in [0.4, 0.5) is 5.69 Å². The highest BCUT2D eigenvalue weighted by Gasteiger charge is 2.18. The molecule has 0 fully saturated rings. The normalized spacial score (nSPS) is 10.5. The lowest BCUT2D eigenvalue weighted by Gasteiger charge is -2.13. The molecule has 0 spiro atoms. The van der Waals surface area contributed by atoms with E-state index in [1.165, 1.54) is 6.34 Å². The first kappa shape index (κ1) is 27.2. The molecule has 0 aliphatic rings. The number of amides is 1. The van der Waals surface area contributed by atoms with Gasteiger partial charge in [-0.15, -0.1) is 0 Å². The fourth-order valence-corrected chi connectivity index (χ4v) is 3.64. The third-order valence-electron chi connectivity index (χ3n) is 5.27. The molecule has 0 atom stereocenters. The molecule has 2 aromatic carbocycles. The van der Waals surface area contributed by atoms with Crippen molar-refractivity contribution in [3.8, 4) is 23.1 Å². The van der Waals surface area contributed by atoms with E-state index in [1.807, 2.05) is 63.4 Å². The number of nitrogens with zero attached hydrogens (tertiary/aromatic N) is 4. The minimum Gasteiger partial charge on any atom is -0.493 e. The molecule has 186 valence electrons. The van der Waals surface area contributed by atoms with Crippen LogP contribution >= 0.6 is 0 Å². The Bertz CT molecular complexity index is 1160. The van der Waals surface area contributed by atoms with Gasteiger partial charge in [-0.2, -0.15) is 10.4 Å². The molecule has 1 aromatic heterocycles. The molecular weight excluding hydrogens is 444 g/mol. The average molecular weight is 479 g/mol. The van der Waals surface area contributed by atoms with Crippen molar-refractivity contribution in [2.75, 3.05) is 39.2 Å². The van der Waals surface area contributed by atoms with Gasteiger partial charge in [-0.1, -0.05) is 12.1 Å². The molecule has 35 heavy (non-hydrogen) atoms. The fraction of sp³-hybridized carbons (Fsp3) is 0.346. The van der Waals surface area contributed by atoms with Crippen LogP contribution in [0.2, 0.25) is 0 Å². The van der Waals surface area contributed by atoms with Crippen LogP contribution < -0.4 is 15.8 Å². The zero-order valence-electron chi connectivity index (χ0n) is 20.8. The number of nitrogens with one attached hydrogen (secondary N) is 1. The third-order valence-corrected chi connectivity index (χ3v) is 5.27. The number of aromatic nitrogens is 1. The first-order chi connectivity index (χ1) is 17.0. The van der Waals surface area contributed by atoms with E-state index in [1.54, 1.807) is 12.1 Å². The summed E-state index contributed by atoms with van der Waals surface area (Å²) in [4.78, 5) is 10.8. The number of aryl methyl sites for hydroxylation is 1. The predicted octanol–water partition coefficient (Wildman–Crippen LogP) is 4.02. The number of fused-ring (bicyclic) bond motifs is 1. The molecule has 3 rings (SSSR count). The molecule has 1 heterocycles. The molecule has 0 aliphatic heterocycles. The van der Waals surface area contributed by atoms with Crippen molar-refractivity contribution >= 4 is 29.3 Å². The molecule has 0 bridgehead atoms. The topological polar surface area (TPSA) is 118 Å². The Labute approximate surface area is 206 Å². The number of carbonyl (C=O) groups is 1. The van der Waals surface area contributed by atoms with Crippen molar-refractivity contribution in [3.05, 3.63) is 48.0 Å². The number of methoxy groups -OCH3 is 1. The summed E-state index contributed by atoms with van der Waals surface area (Å²) < 4.78 is 12.6. The van der Waals surface area contributed by atoms with Crippen molar-refractivity contribution in [2.24, 2.45) is 10.8 Å². The number of hydrogen-bond acceptors (Lipinski definition) is 6. The summed E-state index contributed by atoms with van der Waals surface area (Å²) in [6.07, 6.45) is 2.71. The second-order valence-corrected chi connectivity index (χ2v) is 7.53. The molecule has 0 aliphatic carbocycles. The first-order valence-corrected chi connectivity index (χ1v) is 11.5. The molecule has 0 radical (unpaired) electrons. The van der Waals surface area contributed by atoms with Crippen LogP contribution in [-0.2, 0) is 16.1 Å². The quantitative estimate of drug-likeness (QED) is 0.141. The van der Waals surface area contributed by atoms with Crippen LogP contribution in [0.25, 0.3) is 22.2 Å². The van der Waals surface area contributed by atoms with E-state index in [2.05, 4.69) is 25.8 Å². The molecule has 3 N–H and O–H groups in total. The molecule has 3 aromatic rings. The average Bonchev–Trinajstić information content (AvgIpc) is 3.20. The van der Waals surface area contributed by atoms with Crippen LogP contribution in [0.3, 0.4) is 0 Å². The molecule has 0 saturated carbocycles. The Morgan fingerprint density at radius 2 is 2.03 bits per heavy atom. The van der Waals surface area contributed by atoms with Gasteiger partial charge in [-0.3, -0.25) is 9.80 Å². The summed E-state index contributed by atoms with van der Waals surface area (Å²) in [5.74, 6) is 0.747. The molecular formula is C26H34N6O3. The van der Waals surface area contributed by atoms with Gasteiger partial charge < -0.3 is 25.1 Å². The number of nitrogens with two attached hydrogens (primary N) is 1. The second-order valence-electron chi connectivity index (χ2n) is 7.53. The standard InChI is InChI=1S/C23H26N6O2.C3H8O/c1-3-29-22-13-19(31-11-5-10-28(2)27-15-25)8-9-20(22)21(14-24)23(29)17-6-4-7-18(12-17)26-16-30;1-3-4-2/h4,6-9,12-13,15-16H,3,5,10-11H2,1-2H3,(H2,25,27)(H,26,30);3H2,1-2H3. The number of carbonyl (C=O) groups excluding carboxylic acids is 1. The van der Waals surface area contributed by atoms with E-state index < -0.39 is 0 Å². The van der Waals surface area contributed by atoms with Gasteiger partial charge in [0.2, 0.25) is 6.41 Å². The van der Waals surface area contributed by atoms with Crippen LogP contribution in [0.1, 0.15) is 25.8 Å². The summed E-state index contributed by atoms with van der Waals surface area (Å²) in [5.41, 5.74) is 9.20. The van der Waals surface area contributed by atoms with Crippen LogP contribution in [-0.4, -0.2) is 56.2 Å². The van der Waals surface area contributed by atoms with Gasteiger partial charge in [-0.05, 0) is 38.1 Å². The highest BCUT2D eigenvalue weighted by Crippen LogP contribution is 2.36. The van der Waals surface area contributed by atoms with Crippen molar-refractivity contribution in [2.45, 2.75) is 26.8 Å². The SMILES string of the molecule is CCOC.CCn1c(-c2cccc(NC=O)c2)c(C#N)c2ccc(OCCCN(C)/N=C\N)cc21. The van der Waals surface area contributed by atoms with Gasteiger partial charge >= 0.3 is 0 Å². The monoisotopic (exact) mass is 478 g/mol. The lowest BCUT2D eigenvalue weighted by Crippen LogP contribution is -2.16. The largest absolute Gasteiger partial charge is 0.493 e. The minimum atomic E-state index is 0.542. The molecule has 0 unspecified atom stereocenters. The van der Waals surface area contributed by atoms with Crippen LogP contribution in [0, 0.1) is 11.3 Å². The number of ether oxygens (including phenoxy) is 2. The highest BCUT2D eigenvalue weighted by atomic mass is 16.5. The minimum absolute atomic E-state index is 0.542. The van der Waals surface area contributed by atoms with E-state index in [4.69, 9.17) is 10.5 Å². The number of hydrazone groups is 1. The van der Waals surface area contributed by atoms with Gasteiger partial charge in [0, 0.05) is 63.0 Å². The zero-order valence-corrected chi connectivity index (χ0v) is 20.8. The maximum atomic E-state index is 10.8. The number of rotatable bonds is 11. The Balaban J connectivity index is 0.00000100. The number of nitriles is 1. The second kappa shape index (κ2) is 14.3. The fourth-order valence-electron chi connectivity index (χ4n) is 3.64. The Morgan fingerprint density at radius 3 is 2.66 bits per heavy atom. The highest BCUT2D eigenvalue weighted by molar-refractivity contribution is 5.95. The van der Waals surface area contributed by atoms with Gasteiger partial charge in [-0.25, -0.2) is 0 Å². The van der Waals surface area contributed by atoms with Crippen molar-refractivity contribution in [1.82, 2.24) is 9.58 Å². The van der Waals surface area contributed by atoms with Crippen molar-refractivity contribution in [1.29, 1.82) is 5.26 Å². The van der Waals surface area contributed by atoms with E-state index in [0.29, 0.717) is 30.8 Å². The Morgan fingerprint density at radius 1 is 1.26 bits per heavy atom. The number of hydrogen-bond donors (Lipinski definition) is 2. The van der Waals surface area contributed by atoms with Crippen molar-refractivity contribution < 1.29 is 14.3 Å². The van der Waals surface area contributed by atoms with Crippen molar-refractivity contribution in [3.63, 3.8) is 0 Å². The maximum Gasteiger partial charge on any atom is 0.211 e. The predicted molar refractivity (Wildman–Crippen MR) is 140 cm³/mol. The smallest absolute Gasteiger partial charge is 0.211 e.